The van der Waals surface area contributed by atoms with Crippen LogP contribution in [0.3, 0.4) is 0 Å². The SMILES string of the molecule is CC(=O)NC1=C(O)C(=O)C(C)(c2cccc(Cl)c2Cl)O1. The fourth-order valence-corrected chi connectivity index (χ4v) is 2.40. The van der Waals surface area contributed by atoms with E-state index in [1.165, 1.54) is 13.8 Å². The monoisotopic (exact) mass is 315 g/mol. The van der Waals surface area contributed by atoms with Crippen molar-refractivity contribution in [2.24, 2.45) is 0 Å². The summed E-state index contributed by atoms with van der Waals surface area (Å²) in [5.74, 6) is -2.12. The first-order valence-corrected chi connectivity index (χ1v) is 6.42. The minimum Gasteiger partial charge on any atom is -0.501 e. The van der Waals surface area contributed by atoms with E-state index in [-0.39, 0.29) is 15.9 Å². The standard InChI is InChI=1S/C13H11Cl2NO4/c1-6(17)16-12-10(18)11(19)13(2,20-12)7-4-3-5-8(14)9(7)15/h3-5,18H,1-2H3,(H,16,17). The summed E-state index contributed by atoms with van der Waals surface area (Å²) >= 11 is 12.0. The second kappa shape index (κ2) is 5.00. The third-order valence-corrected chi connectivity index (χ3v) is 3.74. The fourth-order valence-electron chi connectivity index (χ4n) is 1.92. The van der Waals surface area contributed by atoms with Gasteiger partial charge >= 0.3 is 0 Å². The highest BCUT2D eigenvalue weighted by Crippen LogP contribution is 2.41. The first-order chi connectivity index (χ1) is 9.27. The summed E-state index contributed by atoms with van der Waals surface area (Å²) in [7, 11) is 0. The van der Waals surface area contributed by atoms with Crippen molar-refractivity contribution in [3.8, 4) is 0 Å². The van der Waals surface area contributed by atoms with Crippen LogP contribution < -0.4 is 5.32 Å². The zero-order valence-electron chi connectivity index (χ0n) is 10.7. The first-order valence-electron chi connectivity index (χ1n) is 5.66. The van der Waals surface area contributed by atoms with Gasteiger partial charge in [-0.15, -0.1) is 0 Å². The van der Waals surface area contributed by atoms with Crippen LogP contribution in [0.5, 0.6) is 0 Å². The number of aliphatic hydroxyl groups excluding tert-OH is 1. The highest BCUT2D eigenvalue weighted by atomic mass is 35.5. The molecule has 0 aromatic heterocycles. The Morgan fingerprint density at radius 3 is 2.65 bits per heavy atom. The number of Topliss-reactive ketones (excluding diaryl/α,β-unsaturated/α-hetero) is 1. The maximum atomic E-state index is 12.2. The Kier molecular flexibility index (Phi) is 3.67. The van der Waals surface area contributed by atoms with Crippen LogP contribution in [0.4, 0.5) is 0 Å². The summed E-state index contributed by atoms with van der Waals surface area (Å²) in [4.78, 5) is 23.2. The number of hydrogen-bond acceptors (Lipinski definition) is 4. The van der Waals surface area contributed by atoms with Gasteiger partial charge in [0.05, 0.1) is 10.0 Å². The number of carbonyl (C=O) groups excluding carboxylic acids is 2. The molecule has 2 rings (SSSR count). The van der Waals surface area contributed by atoms with Crippen molar-refractivity contribution >= 4 is 34.9 Å². The van der Waals surface area contributed by atoms with Crippen molar-refractivity contribution in [1.82, 2.24) is 5.32 Å². The Bertz CT molecular complexity index is 641. The third kappa shape index (κ3) is 2.23. The third-order valence-electron chi connectivity index (χ3n) is 2.92. The average Bonchev–Trinajstić information content (AvgIpc) is 2.58. The van der Waals surface area contributed by atoms with Gasteiger partial charge in [-0.1, -0.05) is 35.3 Å². The summed E-state index contributed by atoms with van der Waals surface area (Å²) in [6, 6.07) is 4.74. The van der Waals surface area contributed by atoms with Gasteiger partial charge in [-0.25, -0.2) is 0 Å². The van der Waals surface area contributed by atoms with E-state index < -0.39 is 23.1 Å². The molecule has 7 heteroatoms. The molecule has 1 aliphatic heterocycles. The van der Waals surface area contributed by atoms with Crippen molar-refractivity contribution in [1.29, 1.82) is 0 Å². The van der Waals surface area contributed by atoms with E-state index in [4.69, 9.17) is 27.9 Å². The van der Waals surface area contributed by atoms with Crippen molar-refractivity contribution in [3.05, 3.63) is 45.5 Å². The van der Waals surface area contributed by atoms with Crippen LogP contribution in [0.15, 0.2) is 29.8 Å². The predicted molar refractivity (Wildman–Crippen MR) is 73.4 cm³/mol. The first kappa shape index (κ1) is 14.7. The van der Waals surface area contributed by atoms with Crippen LogP contribution >= 0.6 is 23.2 Å². The lowest BCUT2D eigenvalue weighted by Gasteiger charge is -2.24. The fraction of sp³-hybridized carbons (Fsp3) is 0.231. The molecule has 1 aliphatic rings. The van der Waals surface area contributed by atoms with Gasteiger partial charge < -0.3 is 9.84 Å². The number of ketones is 1. The van der Waals surface area contributed by atoms with Crippen LogP contribution in [0.25, 0.3) is 0 Å². The Balaban J connectivity index is 2.46. The predicted octanol–water partition coefficient (Wildman–Crippen LogP) is 2.67. The van der Waals surface area contributed by atoms with Crippen molar-refractivity contribution < 1.29 is 19.4 Å². The lowest BCUT2D eigenvalue weighted by atomic mass is 9.91. The molecule has 0 fully saturated rings. The number of benzene rings is 1. The van der Waals surface area contributed by atoms with Crippen molar-refractivity contribution in [3.63, 3.8) is 0 Å². The number of rotatable bonds is 2. The molecule has 0 aliphatic carbocycles. The van der Waals surface area contributed by atoms with Gasteiger partial charge in [-0.3, -0.25) is 14.9 Å². The highest BCUT2D eigenvalue weighted by Gasteiger charge is 2.49. The van der Waals surface area contributed by atoms with E-state index >= 15 is 0 Å². The lowest BCUT2D eigenvalue weighted by molar-refractivity contribution is -0.132. The molecule has 0 saturated carbocycles. The molecule has 0 bridgehead atoms. The number of carbonyl (C=O) groups is 2. The van der Waals surface area contributed by atoms with Crippen molar-refractivity contribution in [2.45, 2.75) is 19.4 Å². The molecule has 2 N–H and O–H groups in total. The Labute approximate surface area is 125 Å². The van der Waals surface area contributed by atoms with Crippen LogP contribution in [-0.2, 0) is 19.9 Å². The van der Waals surface area contributed by atoms with Gasteiger partial charge in [0, 0.05) is 12.5 Å². The number of ether oxygens (including phenoxy) is 1. The molecule has 5 nitrogen and oxygen atoms in total. The summed E-state index contributed by atoms with van der Waals surface area (Å²) in [6.07, 6.45) is 0. The molecule has 1 unspecified atom stereocenters. The zero-order chi connectivity index (χ0) is 15.1. The molecule has 1 heterocycles. The molecular formula is C13H11Cl2NO4. The normalized spacial score (nSPS) is 21.9. The number of hydrogen-bond donors (Lipinski definition) is 2. The molecule has 1 aromatic rings. The Morgan fingerprint density at radius 2 is 2.05 bits per heavy atom. The Morgan fingerprint density at radius 1 is 1.40 bits per heavy atom. The largest absolute Gasteiger partial charge is 0.501 e. The van der Waals surface area contributed by atoms with E-state index in [1.807, 2.05) is 0 Å². The number of aliphatic hydroxyl groups is 1. The number of nitrogens with one attached hydrogen (secondary N) is 1. The molecule has 0 spiro atoms. The lowest BCUT2D eigenvalue weighted by Crippen LogP contribution is -2.32. The second-order valence-electron chi connectivity index (χ2n) is 4.42. The smallest absolute Gasteiger partial charge is 0.250 e. The molecule has 1 amide bonds. The van der Waals surface area contributed by atoms with Gasteiger partial charge in [-0.05, 0) is 13.0 Å². The van der Waals surface area contributed by atoms with Crippen molar-refractivity contribution in [2.75, 3.05) is 0 Å². The molecule has 1 atom stereocenters. The van der Waals surface area contributed by atoms with Gasteiger partial charge in [0.15, 0.2) is 0 Å². The van der Waals surface area contributed by atoms with E-state index in [0.717, 1.165) is 0 Å². The average molecular weight is 316 g/mol. The summed E-state index contributed by atoms with van der Waals surface area (Å²) in [6.45, 7) is 2.67. The van der Waals surface area contributed by atoms with Crippen LogP contribution in [0.1, 0.15) is 19.4 Å². The van der Waals surface area contributed by atoms with Gasteiger partial charge in [0.25, 0.3) is 5.78 Å². The maximum Gasteiger partial charge on any atom is 0.250 e. The van der Waals surface area contributed by atoms with E-state index in [9.17, 15) is 14.7 Å². The summed E-state index contributed by atoms with van der Waals surface area (Å²) in [5.41, 5.74) is -1.23. The van der Waals surface area contributed by atoms with Gasteiger partial charge in [0.1, 0.15) is 0 Å². The van der Waals surface area contributed by atoms with Crippen LogP contribution in [0, 0.1) is 0 Å². The Hall–Kier alpha value is -1.72. The minimum absolute atomic E-state index is 0.155. The van der Waals surface area contributed by atoms with Gasteiger partial charge in [0.2, 0.25) is 23.2 Å². The molecule has 20 heavy (non-hydrogen) atoms. The summed E-state index contributed by atoms with van der Waals surface area (Å²) < 4.78 is 5.41. The van der Waals surface area contributed by atoms with Gasteiger partial charge in [-0.2, -0.15) is 0 Å². The number of halogens is 2. The minimum atomic E-state index is -1.54. The number of amides is 1. The highest BCUT2D eigenvalue weighted by molar-refractivity contribution is 6.42. The summed E-state index contributed by atoms with van der Waals surface area (Å²) in [5, 5.41) is 12.4. The zero-order valence-corrected chi connectivity index (χ0v) is 12.2. The maximum absolute atomic E-state index is 12.2. The quantitative estimate of drug-likeness (QED) is 0.879. The van der Waals surface area contributed by atoms with Crippen LogP contribution in [0.2, 0.25) is 10.0 Å². The van der Waals surface area contributed by atoms with Crippen LogP contribution in [-0.4, -0.2) is 16.8 Å². The second-order valence-corrected chi connectivity index (χ2v) is 5.21. The van der Waals surface area contributed by atoms with E-state index in [2.05, 4.69) is 5.32 Å². The topological polar surface area (TPSA) is 75.6 Å². The van der Waals surface area contributed by atoms with E-state index in [0.29, 0.717) is 5.56 Å². The molecule has 1 aromatic carbocycles. The molecular weight excluding hydrogens is 305 g/mol. The molecule has 0 saturated heterocycles. The molecule has 0 radical (unpaired) electrons. The molecule has 106 valence electrons. The van der Waals surface area contributed by atoms with E-state index in [1.54, 1.807) is 18.2 Å².